The third-order valence-corrected chi connectivity index (χ3v) is 5.71. The summed E-state index contributed by atoms with van der Waals surface area (Å²) in [5.41, 5.74) is 3.52. The van der Waals surface area contributed by atoms with Gasteiger partial charge in [-0.15, -0.1) is 0 Å². The number of nitrogens with one attached hydrogen (secondary N) is 1. The number of aromatic nitrogens is 2. The van der Waals surface area contributed by atoms with Crippen molar-refractivity contribution in [3.05, 3.63) is 52.6 Å². The number of nitrogens with zero attached hydrogens (tertiary/aromatic N) is 3. The average molecular weight is 356 g/mol. The van der Waals surface area contributed by atoms with E-state index in [2.05, 4.69) is 15.1 Å². The van der Waals surface area contributed by atoms with Crippen molar-refractivity contribution >= 4 is 5.91 Å². The van der Waals surface area contributed by atoms with Crippen LogP contribution in [0, 0.1) is 5.82 Å². The summed E-state index contributed by atoms with van der Waals surface area (Å²) in [6.45, 7) is 2.29. The number of carbonyl (C=O) groups is 1. The monoisotopic (exact) mass is 356 g/mol. The average Bonchev–Trinajstić information content (AvgIpc) is 3.26. The van der Waals surface area contributed by atoms with Crippen LogP contribution in [-0.2, 0) is 19.4 Å². The normalized spacial score (nSPS) is 20.2. The fourth-order valence-corrected chi connectivity index (χ4v) is 4.19. The second kappa shape index (κ2) is 7.19. The molecule has 1 aliphatic carbocycles. The maximum atomic E-state index is 13.9. The number of likely N-dealkylation sites (N-methyl/N-ethyl adjacent to an activating group) is 1. The molecule has 1 fully saturated rings. The zero-order valence-electron chi connectivity index (χ0n) is 15.2. The molecular formula is C20H25FN4O. The molecule has 5 nitrogen and oxygen atoms in total. The molecule has 0 radical (unpaired) electrons. The van der Waals surface area contributed by atoms with Gasteiger partial charge >= 0.3 is 0 Å². The van der Waals surface area contributed by atoms with Crippen LogP contribution < -0.4 is 0 Å². The molecule has 0 spiro atoms. The molecule has 1 aromatic carbocycles. The Morgan fingerprint density at radius 1 is 1.35 bits per heavy atom. The molecule has 1 aliphatic heterocycles. The van der Waals surface area contributed by atoms with Gasteiger partial charge in [-0.05, 0) is 44.7 Å². The molecule has 4 rings (SSSR count). The molecule has 1 N–H and O–H groups in total. The van der Waals surface area contributed by atoms with Crippen LogP contribution in [0.2, 0.25) is 0 Å². The van der Waals surface area contributed by atoms with E-state index in [4.69, 9.17) is 0 Å². The maximum absolute atomic E-state index is 13.9. The molecule has 1 unspecified atom stereocenters. The second-order valence-corrected chi connectivity index (χ2v) is 7.42. The molecule has 1 saturated heterocycles. The van der Waals surface area contributed by atoms with Gasteiger partial charge in [-0.1, -0.05) is 18.2 Å². The van der Waals surface area contributed by atoms with Crippen LogP contribution in [0.4, 0.5) is 4.39 Å². The van der Waals surface area contributed by atoms with Gasteiger partial charge in [0.1, 0.15) is 5.82 Å². The molecule has 2 aromatic rings. The van der Waals surface area contributed by atoms with Crippen molar-refractivity contribution in [3.63, 3.8) is 0 Å². The Hall–Kier alpha value is -2.21. The molecule has 1 amide bonds. The summed E-state index contributed by atoms with van der Waals surface area (Å²) in [6.07, 6.45) is 5.00. The van der Waals surface area contributed by atoms with E-state index in [1.807, 2.05) is 24.1 Å². The number of fused-ring (bicyclic) bond motifs is 1. The minimum absolute atomic E-state index is 0.00198. The number of piperidine rings is 1. The Bertz CT molecular complexity index is 803. The Morgan fingerprint density at radius 3 is 3.04 bits per heavy atom. The van der Waals surface area contributed by atoms with Crippen molar-refractivity contribution < 1.29 is 9.18 Å². The van der Waals surface area contributed by atoms with Gasteiger partial charge in [0, 0.05) is 43.0 Å². The van der Waals surface area contributed by atoms with Gasteiger partial charge in [-0.3, -0.25) is 14.8 Å². The molecule has 1 atom stereocenters. The fourth-order valence-electron chi connectivity index (χ4n) is 4.19. The largest absolute Gasteiger partial charge is 0.336 e. The number of benzene rings is 1. The van der Waals surface area contributed by atoms with E-state index in [1.54, 1.807) is 6.07 Å². The fraction of sp³-hybridized carbons (Fsp3) is 0.500. The predicted molar refractivity (Wildman–Crippen MR) is 97.4 cm³/mol. The minimum Gasteiger partial charge on any atom is -0.336 e. The predicted octanol–water partition coefficient (Wildman–Crippen LogP) is 2.77. The topological polar surface area (TPSA) is 52.2 Å². The van der Waals surface area contributed by atoms with Crippen molar-refractivity contribution in [2.45, 2.75) is 44.7 Å². The van der Waals surface area contributed by atoms with Gasteiger partial charge in [0.15, 0.2) is 5.69 Å². The van der Waals surface area contributed by atoms with Crippen LogP contribution in [0.1, 0.15) is 46.6 Å². The standard InChI is InChI=1S/C20H25FN4O/c1-24(20(26)19-16-8-4-10-18(16)22-23-19)15-7-5-11-25(13-15)12-14-6-2-3-9-17(14)21/h2-3,6,9,15H,4-5,7-8,10-13H2,1H3,(H,22,23). The lowest BCUT2D eigenvalue weighted by Gasteiger charge is -2.37. The van der Waals surface area contributed by atoms with Crippen LogP contribution >= 0.6 is 0 Å². The number of halogens is 1. The number of aryl methyl sites for hydroxylation is 1. The molecule has 6 heteroatoms. The van der Waals surface area contributed by atoms with Crippen molar-refractivity contribution in [1.82, 2.24) is 20.0 Å². The van der Waals surface area contributed by atoms with E-state index in [0.717, 1.165) is 56.5 Å². The quantitative estimate of drug-likeness (QED) is 0.916. The highest BCUT2D eigenvalue weighted by molar-refractivity contribution is 5.94. The zero-order chi connectivity index (χ0) is 18.1. The van der Waals surface area contributed by atoms with Crippen LogP contribution in [0.15, 0.2) is 24.3 Å². The molecule has 0 bridgehead atoms. The lowest BCUT2D eigenvalue weighted by molar-refractivity contribution is 0.0601. The molecule has 0 saturated carbocycles. The smallest absolute Gasteiger partial charge is 0.274 e. The van der Waals surface area contributed by atoms with Crippen molar-refractivity contribution in [2.24, 2.45) is 0 Å². The number of hydrogen-bond donors (Lipinski definition) is 1. The molecule has 1 aromatic heterocycles. The maximum Gasteiger partial charge on any atom is 0.274 e. The molecule has 138 valence electrons. The Balaban J connectivity index is 1.43. The first-order chi connectivity index (χ1) is 12.6. The summed E-state index contributed by atoms with van der Waals surface area (Å²) in [4.78, 5) is 17.0. The molecule has 2 aliphatic rings. The molecular weight excluding hydrogens is 331 g/mol. The Kier molecular flexibility index (Phi) is 4.76. The first-order valence-electron chi connectivity index (χ1n) is 9.42. The van der Waals surface area contributed by atoms with E-state index in [1.165, 1.54) is 6.07 Å². The number of likely N-dealkylation sites (tertiary alicyclic amines) is 1. The summed E-state index contributed by atoms with van der Waals surface area (Å²) >= 11 is 0. The summed E-state index contributed by atoms with van der Waals surface area (Å²) < 4.78 is 13.9. The van der Waals surface area contributed by atoms with Crippen LogP contribution in [0.5, 0.6) is 0 Å². The summed E-state index contributed by atoms with van der Waals surface area (Å²) in [7, 11) is 1.87. The number of amides is 1. The third-order valence-electron chi connectivity index (χ3n) is 5.71. The van der Waals surface area contributed by atoms with Crippen molar-refractivity contribution in [1.29, 1.82) is 0 Å². The number of hydrogen-bond acceptors (Lipinski definition) is 3. The highest BCUT2D eigenvalue weighted by atomic mass is 19.1. The first-order valence-corrected chi connectivity index (χ1v) is 9.42. The lowest BCUT2D eigenvalue weighted by atomic mass is 10.0. The van der Waals surface area contributed by atoms with E-state index >= 15 is 0 Å². The number of carbonyl (C=O) groups excluding carboxylic acids is 1. The number of rotatable bonds is 4. The van der Waals surface area contributed by atoms with Gasteiger partial charge in [0.2, 0.25) is 0 Å². The SMILES string of the molecule is CN(C(=O)c1n[nH]c2c1CCC2)C1CCCN(Cc2ccccc2F)C1. The van der Waals surface area contributed by atoms with E-state index in [9.17, 15) is 9.18 Å². The summed E-state index contributed by atoms with van der Waals surface area (Å²) in [6, 6.07) is 7.06. The van der Waals surface area contributed by atoms with Gasteiger partial charge < -0.3 is 4.90 Å². The van der Waals surface area contributed by atoms with Crippen LogP contribution in [-0.4, -0.2) is 52.1 Å². The number of aromatic amines is 1. The van der Waals surface area contributed by atoms with E-state index in [0.29, 0.717) is 17.8 Å². The summed E-state index contributed by atoms with van der Waals surface area (Å²) in [5.74, 6) is -0.159. The van der Waals surface area contributed by atoms with Gasteiger partial charge in [-0.25, -0.2) is 4.39 Å². The van der Waals surface area contributed by atoms with Crippen molar-refractivity contribution in [2.75, 3.05) is 20.1 Å². The molecule has 26 heavy (non-hydrogen) atoms. The third kappa shape index (κ3) is 3.26. The van der Waals surface area contributed by atoms with E-state index in [-0.39, 0.29) is 17.8 Å². The van der Waals surface area contributed by atoms with Crippen LogP contribution in [0.25, 0.3) is 0 Å². The molecule has 2 heterocycles. The van der Waals surface area contributed by atoms with Crippen molar-refractivity contribution in [3.8, 4) is 0 Å². The van der Waals surface area contributed by atoms with Gasteiger partial charge in [-0.2, -0.15) is 5.10 Å². The number of H-pyrrole nitrogens is 1. The first kappa shape index (κ1) is 17.2. The lowest BCUT2D eigenvalue weighted by Crippen LogP contribution is -2.48. The van der Waals surface area contributed by atoms with Gasteiger partial charge in [0.05, 0.1) is 0 Å². The summed E-state index contributed by atoms with van der Waals surface area (Å²) in [5, 5.41) is 7.30. The van der Waals surface area contributed by atoms with Gasteiger partial charge in [0.25, 0.3) is 5.91 Å². The van der Waals surface area contributed by atoms with Crippen LogP contribution in [0.3, 0.4) is 0 Å². The minimum atomic E-state index is -0.161. The highest BCUT2D eigenvalue weighted by Crippen LogP contribution is 2.25. The Morgan fingerprint density at radius 2 is 2.19 bits per heavy atom. The highest BCUT2D eigenvalue weighted by Gasteiger charge is 2.31. The Labute approximate surface area is 153 Å². The second-order valence-electron chi connectivity index (χ2n) is 7.42. The zero-order valence-corrected chi connectivity index (χ0v) is 15.2. The van der Waals surface area contributed by atoms with E-state index < -0.39 is 0 Å².